The SMILES string of the molecule is C.Cc1ccc(Nc2nc(C#N)ccc2C(=O)NOCC2CC2)c(F)c1.Cc1ccc(Nc2nc(C#N)ccc2C(=O)NOCCO)c(F)c1.Cc1ccc(Nc2nc(C#N)ccc2C(=O)NOC[C@@H](O)CO)c(F)c1.Cc1ccc(Nc2nc(C#N)ccc2C(=O)NOC[C@H](O)CO)c(F)c1. The van der Waals surface area contributed by atoms with Crippen molar-refractivity contribution in [1.29, 1.82) is 21.0 Å². The number of pyridine rings is 4. The zero-order chi connectivity index (χ0) is 73.5. The van der Waals surface area contributed by atoms with Crippen molar-refractivity contribution in [1.82, 2.24) is 41.9 Å². The lowest BCUT2D eigenvalue weighted by Crippen LogP contribution is -2.30. The van der Waals surface area contributed by atoms with E-state index in [1.54, 1.807) is 58.0 Å². The number of aliphatic hydroxyl groups excluding tert-OH is 5. The number of anilines is 8. The first-order valence-electron chi connectivity index (χ1n) is 30.1. The Bertz CT molecular complexity index is 4270. The van der Waals surface area contributed by atoms with Crippen LogP contribution in [-0.4, -0.2) is 128 Å². The maximum Gasteiger partial charge on any atom is 0.278 e. The molecule has 2 atom stereocenters. The van der Waals surface area contributed by atoms with Gasteiger partial charge in [-0.2, -0.15) is 21.0 Å². The van der Waals surface area contributed by atoms with Crippen molar-refractivity contribution in [3.05, 3.63) is 212 Å². The summed E-state index contributed by atoms with van der Waals surface area (Å²) in [7, 11) is 0. The van der Waals surface area contributed by atoms with Crippen LogP contribution in [0.4, 0.5) is 63.6 Å². The molecule has 4 aromatic heterocycles. The van der Waals surface area contributed by atoms with Crippen LogP contribution in [-0.2, 0) is 19.4 Å². The van der Waals surface area contributed by atoms with Gasteiger partial charge >= 0.3 is 0 Å². The molecule has 1 saturated carbocycles. The molecule has 1 aliphatic rings. The van der Waals surface area contributed by atoms with Crippen LogP contribution in [0.2, 0.25) is 0 Å². The molecule has 1 fully saturated rings. The maximum atomic E-state index is 14.1. The molecule has 0 saturated heterocycles. The summed E-state index contributed by atoms with van der Waals surface area (Å²) in [5.74, 6) is -4.11. The molecule has 8 aromatic rings. The topological polar surface area (TPSA) is 449 Å². The monoisotopic (exact) mass is 1410 g/mol. The lowest BCUT2D eigenvalue weighted by Gasteiger charge is -2.13. The van der Waals surface area contributed by atoms with Crippen molar-refractivity contribution in [2.24, 2.45) is 5.92 Å². The van der Waals surface area contributed by atoms with Gasteiger partial charge in [0.15, 0.2) is 0 Å². The van der Waals surface area contributed by atoms with Gasteiger partial charge in [-0.1, -0.05) is 31.7 Å². The van der Waals surface area contributed by atoms with E-state index in [1.807, 2.05) is 24.3 Å². The van der Waals surface area contributed by atoms with E-state index in [0.717, 1.165) is 35.1 Å². The normalized spacial score (nSPS) is 11.5. The van der Waals surface area contributed by atoms with Crippen molar-refractivity contribution >= 4 is 69.6 Å². The van der Waals surface area contributed by atoms with Gasteiger partial charge in [-0.15, -0.1) is 0 Å². The zero-order valence-electron chi connectivity index (χ0n) is 54.2. The highest BCUT2D eigenvalue weighted by molar-refractivity contribution is 6.01. The summed E-state index contributed by atoms with van der Waals surface area (Å²) in [6.07, 6.45) is -0.0796. The molecule has 13 N–H and O–H groups in total. The molecule has 0 aliphatic heterocycles. The van der Waals surface area contributed by atoms with Crippen LogP contribution in [0, 0.1) is 102 Å². The van der Waals surface area contributed by atoms with Crippen molar-refractivity contribution in [2.75, 3.05) is 67.5 Å². The van der Waals surface area contributed by atoms with Crippen molar-refractivity contribution < 1.29 is 81.6 Å². The Morgan fingerprint density at radius 2 is 0.706 bits per heavy atom. The van der Waals surface area contributed by atoms with E-state index < -0.39 is 72.3 Å². The molecule has 102 heavy (non-hydrogen) atoms. The number of aliphatic hydroxyl groups is 5. The number of rotatable bonds is 26. The van der Waals surface area contributed by atoms with Crippen LogP contribution < -0.4 is 43.2 Å². The van der Waals surface area contributed by atoms with Gasteiger partial charge in [-0.05, 0) is 166 Å². The Labute approximate surface area is 581 Å². The standard InChI is InChI=1S/C18H17FN4O2.2C17H17FN4O4.C16H15FN4O3.CH4/c1-11-2-7-16(15(19)8-11)22-17-14(6-5-13(9-20)21-17)18(24)23-25-10-12-3-4-12;2*1-10-2-5-15(14(18)6-10)21-16-13(4-3-11(7-19)20-16)17(25)22-26-9-12(24)8-23;1-10-2-5-14(13(17)8-10)20-15-12(4-3-11(9-18)19-15)16(23)21-24-7-6-22;/h2,5-8,12H,3-4,10H2,1H3,(H,21,22)(H,23,24);2*2-6,12,23-24H,8-9H2,1H3,(H,20,21)(H,22,25);2-5,8,22H,6-7H2,1H3,(H,19,20)(H,21,23);1H4/t;2*12-;;/m.10../s1. The number of aromatic nitrogens is 4. The summed E-state index contributed by atoms with van der Waals surface area (Å²) < 4.78 is 56.2. The molecular weight excluding hydrogens is 1340 g/mol. The Kier molecular flexibility index (Phi) is 32.1. The summed E-state index contributed by atoms with van der Waals surface area (Å²) >= 11 is 0. The first-order valence-corrected chi connectivity index (χ1v) is 30.1. The predicted molar refractivity (Wildman–Crippen MR) is 360 cm³/mol. The third-order valence-corrected chi connectivity index (χ3v) is 13.4. The number of aryl methyl sites for hydroxylation is 4. The van der Waals surface area contributed by atoms with Crippen molar-refractivity contribution in [2.45, 2.75) is 60.2 Å². The highest BCUT2D eigenvalue weighted by Crippen LogP contribution is 2.30. The number of carbonyl (C=O) groups excluding carboxylic acids is 4. The minimum Gasteiger partial charge on any atom is -0.394 e. The van der Waals surface area contributed by atoms with E-state index >= 15 is 0 Å². The van der Waals surface area contributed by atoms with Crippen LogP contribution in [0.1, 0.15) is 107 Å². The van der Waals surface area contributed by atoms with E-state index in [4.69, 9.17) is 55.7 Å². The number of hydrogen-bond donors (Lipinski definition) is 13. The summed E-state index contributed by atoms with van der Waals surface area (Å²) in [6, 6.07) is 36.5. The summed E-state index contributed by atoms with van der Waals surface area (Å²) in [4.78, 5) is 84.4. The lowest BCUT2D eigenvalue weighted by molar-refractivity contribution is -0.0296. The van der Waals surface area contributed by atoms with Gasteiger partial charge < -0.3 is 46.8 Å². The molecule has 0 unspecified atom stereocenters. The van der Waals surface area contributed by atoms with Crippen LogP contribution in [0.5, 0.6) is 0 Å². The van der Waals surface area contributed by atoms with Gasteiger partial charge in [0.1, 0.15) is 119 Å². The summed E-state index contributed by atoms with van der Waals surface area (Å²) in [5, 5.41) is 91.2. The van der Waals surface area contributed by atoms with Crippen LogP contribution in [0.15, 0.2) is 121 Å². The van der Waals surface area contributed by atoms with E-state index in [1.165, 1.54) is 91.0 Å². The number of amides is 4. The summed E-state index contributed by atoms with van der Waals surface area (Å²) in [6.45, 7) is 5.44. The number of halogens is 4. The first-order chi connectivity index (χ1) is 48.5. The average Bonchev–Trinajstić information content (AvgIpc) is 1.23. The number of nitrogens with zero attached hydrogens (tertiary/aromatic N) is 8. The van der Waals surface area contributed by atoms with Crippen molar-refractivity contribution in [3.8, 4) is 24.3 Å². The molecule has 9 rings (SSSR count). The molecule has 29 nitrogen and oxygen atoms in total. The maximum absolute atomic E-state index is 14.1. The van der Waals surface area contributed by atoms with Gasteiger partial charge in [0.2, 0.25) is 0 Å². The molecule has 0 bridgehead atoms. The minimum absolute atomic E-state index is 0. The second-order valence-corrected chi connectivity index (χ2v) is 21.6. The smallest absolute Gasteiger partial charge is 0.278 e. The largest absolute Gasteiger partial charge is 0.394 e. The highest BCUT2D eigenvalue weighted by atomic mass is 19.1. The molecule has 33 heteroatoms. The third-order valence-electron chi connectivity index (χ3n) is 13.4. The quantitative estimate of drug-likeness (QED) is 0.0139. The molecule has 0 radical (unpaired) electrons. The van der Waals surface area contributed by atoms with E-state index in [9.17, 15) is 47.0 Å². The Hall–Kier alpha value is -12.1. The number of benzene rings is 4. The Morgan fingerprint density at radius 1 is 0.441 bits per heavy atom. The minimum atomic E-state index is -1.14. The number of nitriles is 4. The molecule has 0 spiro atoms. The highest BCUT2D eigenvalue weighted by Gasteiger charge is 2.24. The van der Waals surface area contributed by atoms with Crippen LogP contribution >= 0.6 is 0 Å². The number of nitrogens with one attached hydrogen (secondary N) is 8. The second-order valence-electron chi connectivity index (χ2n) is 21.6. The van der Waals surface area contributed by atoms with Gasteiger partial charge in [0.05, 0.1) is 78.0 Å². The molecule has 532 valence electrons. The van der Waals surface area contributed by atoms with E-state index in [-0.39, 0.29) is 125 Å². The lowest BCUT2D eigenvalue weighted by atomic mass is 10.2. The van der Waals surface area contributed by atoms with Gasteiger partial charge in [-0.3, -0.25) is 38.5 Å². The Morgan fingerprint density at radius 3 is 0.941 bits per heavy atom. The van der Waals surface area contributed by atoms with Gasteiger partial charge in [0, 0.05) is 0 Å². The fraction of sp³-hybridized carbons (Fsp3) is 0.246. The molecule has 1 aliphatic carbocycles. The van der Waals surface area contributed by atoms with Crippen LogP contribution in [0.25, 0.3) is 0 Å². The fourth-order valence-corrected chi connectivity index (χ4v) is 8.00. The van der Waals surface area contributed by atoms with Gasteiger partial charge in [0.25, 0.3) is 23.6 Å². The molecule has 4 amide bonds. The average molecular weight is 1410 g/mol. The van der Waals surface area contributed by atoms with Crippen LogP contribution in [0.3, 0.4) is 0 Å². The second kappa shape index (κ2) is 40.7. The van der Waals surface area contributed by atoms with E-state index in [2.05, 4.69) is 63.1 Å². The number of carbonyl (C=O) groups is 4. The Balaban J connectivity index is 0.000000244. The third kappa shape index (κ3) is 25.3. The van der Waals surface area contributed by atoms with Crippen molar-refractivity contribution in [3.63, 3.8) is 0 Å². The fourth-order valence-electron chi connectivity index (χ4n) is 8.00. The molecule has 4 aromatic carbocycles. The van der Waals surface area contributed by atoms with E-state index in [0.29, 0.717) is 12.5 Å². The van der Waals surface area contributed by atoms with Gasteiger partial charge in [-0.25, -0.2) is 59.4 Å². The number of hydroxylamine groups is 4. The number of hydrogen-bond acceptors (Lipinski definition) is 25. The molecule has 4 heterocycles. The predicted octanol–water partition coefficient (Wildman–Crippen LogP) is 7.97. The zero-order valence-corrected chi connectivity index (χ0v) is 54.2. The summed E-state index contributed by atoms with van der Waals surface area (Å²) in [5.41, 5.74) is 12.6. The molecular formula is C69H70F4N16O13. The first kappa shape index (κ1) is 80.6.